The second-order valence-electron chi connectivity index (χ2n) is 7.63. The van der Waals surface area contributed by atoms with Gasteiger partial charge in [-0.25, -0.2) is 18.0 Å². The van der Waals surface area contributed by atoms with Crippen LogP contribution < -0.4 is 0 Å². The molecule has 2 aromatic rings. The average molecular weight is 435 g/mol. The molecule has 1 fully saturated rings. The van der Waals surface area contributed by atoms with Crippen molar-refractivity contribution in [3.05, 3.63) is 53.5 Å². The molecule has 1 aromatic carbocycles. The van der Waals surface area contributed by atoms with Gasteiger partial charge in [-0.15, -0.1) is 0 Å². The highest BCUT2D eigenvalue weighted by Gasteiger charge is 2.31. The van der Waals surface area contributed by atoms with Crippen molar-refractivity contribution < 1.29 is 31.9 Å². The standard InChI is InChI=1S/C21H25NO7S/c1-14-10-15(2)12-22(11-14)30(25,26)18-7-4-16(5-8-18)20(23)28-13-17-6-9-19(29-17)21(24)27-3/h4-9,14-15H,10-13H2,1-3H3/t14-,15-/m0/s1. The lowest BCUT2D eigenvalue weighted by atomic mass is 9.94. The van der Waals surface area contributed by atoms with Gasteiger partial charge in [0.15, 0.2) is 0 Å². The Labute approximate surface area is 175 Å². The van der Waals surface area contributed by atoms with Crippen LogP contribution in [0.5, 0.6) is 0 Å². The van der Waals surface area contributed by atoms with Crippen LogP contribution in [0.3, 0.4) is 0 Å². The molecule has 2 atom stereocenters. The van der Waals surface area contributed by atoms with Gasteiger partial charge in [0.25, 0.3) is 0 Å². The molecule has 30 heavy (non-hydrogen) atoms. The highest BCUT2D eigenvalue weighted by atomic mass is 32.2. The molecule has 3 rings (SSSR count). The van der Waals surface area contributed by atoms with Crippen molar-refractivity contribution in [3.63, 3.8) is 0 Å². The van der Waals surface area contributed by atoms with Crippen molar-refractivity contribution in [2.24, 2.45) is 11.8 Å². The molecule has 0 amide bonds. The highest BCUT2D eigenvalue weighted by Crippen LogP contribution is 2.27. The van der Waals surface area contributed by atoms with E-state index in [1.165, 1.54) is 47.8 Å². The zero-order chi connectivity index (χ0) is 21.9. The van der Waals surface area contributed by atoms with Gasteiger partial charge >= 0.3 is 11.9 Å². The third-order valence-corrected chi connectivity index (χ3v) is 6.80. The molecule has 1 aliphatic heterocycles. The van der Waals surface area contributed by atoms with Crippen LogP contribution in [0.4, 0.5) is 0 Å². The molecule has 9 heteroatoms. The predicted octanol–water partition coefficient (Wildman–Crippen LogP) is 3.09. The molecule has 1 saturated heterocycles. The SMILES string of the molecule is COC(=O)c1ccc(COC(=O)c2ccc(S(=O)(=O)N3C[C@@H](C)C[C@H](C)C3)cc2)o1. The minimum atomic E-state index is -3.61. The van der Waals surface area contributed by atoms with E-state index in [0.29, 0.717) is 24.9 Å². The van der Waals surface area contributed by atoms with Crippen LogP contribution in [0.25, 0.3) is 0 Å². The number of hydrogen-bond donors (Lipinski definition) is 0. The number of furan rings is 1. The van der Waals surface area contributed by atoms with Crippen molar-refractivity contribution >= 4 is 22.0 Å². The van der Waals surface area contributed by atoms with E-state index in [9.17, 15) is 18.0 Å². The smallest absolute Gasteiger partial charge is 0.373 e. The van der Waals surface area contributed by atoms with E-state index in [0.717, 1.165) is 6.42 Å². The zero-order valence-electron chi connectivity index (χ0n) is 17.2. The molecule has 0 saturated carbocycles. The molecule has 0 spiro atoms. The van der Waals surface area contributed by atoms with Crippen LogP contribution in [0.15, 0.2) is 45.7 Å². The summed E-state index contributed by atoms with van der Waals surface area (Å²) in [5.74, 6) is -0.342. The number of carbonyl (C=O) groups is 2. The number of hydrogen-bond acceptors (Lipinski definition) is 7. The third-order valence-electron chi connectivity index (χ3n) is 4.96. The number of benzene rings is 1. The highest BCUT2D eigenvalue weighted by molar-refractivity contribution is 7.89. The molecule has 0 unspecified atom stereocenters. The summed E-state index contributed by atoms with van der Waals surface area (Å²) in [5.41, 5.74) is 0.217. The second-order valence-corrected chi connectivity index (χ2v) is 9.56. The maximum Gasteiger partial charge on any atom is 0.373 e. The number of rotatable bonds is 6. The van der Waals surface area contributed by atoms with Gasteiger partial charge < -0.3 is 13.9 Å². The van der Waals surface area contributed by atoms with Crippen LogP contribution in [0, 0.1) is 11.8 Å². The van der Waals surface area contributed by atoms with Gasteiger partial charge in [0.1, 0.15) is 12.4 Å². The fourth-order valence-electron chi connectivity index (χ4n) is 3.60. The van der Waals surface area contributed by atoms with E-state index in [-0.39, 0.29) is 28.6 Å². The molecule has 162 valence electrons. The first-order valence-electron chi connectivity index (χ1n) is 9.65. The van der Waals surface area contributed by atoms with Gasteiger partial charge in [-0.2, -0.15) is 4.31 Å². The van der Waals surface area contributed by atoms with E-state index in [2.05, 4.69) is 4.74 Å². The minimum absolute atomic E-state index is 0.0134. The molecule has 1 aliphatic rings. The van der Waals surface area contributed by atoms with Gasteiger partial charge in [-0.3, -0.25) is 0 Å². The topological polar surface area (TPSA) is 103 Å². The van der Waals surface area contributed by atoms with Crippen LogP contribution >= 0.6 is 0 Å². The molecule has 2 heterocycles. The monoisotopic (exact) mass is 435 g/mol. The molecule has 0 radical (unpaired) electrons. The summed E-state index contributed by atoms with van der Waals surface area (Å²) in [7, 11) is -2.37. The Hall–Kier alpha value is -2.65. The summed E-state index contributed by atoms with van der Waals surface area (Å²) in [4.78, 5) is 23.8. The Morgan fingerprint density at radius 1 is 1.03 bits per heavy atom. The Kier molecular flexibility index (Phi) is 6.62. The second kappa shape index (κ2) is 9.01. The van der Waals surface area contributed by atoms with Crippen molar-refractivity contribution in [1.82, 2.24) is 4.31 Å². The quantitative estimate of drug-likeness (QED) is 0.642. The molecule has 0 N–H and O–H groups in total. The van der Waals surface area contributed by atoms with Gasteiger partial charge in [-0.05, 0) is 54.7 Å². The minimum Gasteiger partial charge on any atom is -0.463 e. The summed E-state index contributed by atoms with van der Waals surface area (Å²) in [6.45, 7) is 4.91. The molecule has 1 aromatic heterocycles. The lowest BCUT2D eigenvalue weighted by Crippen LogP contribution is -2.42. The van der Waals surface area contributed by atoms with Crippen LogP contribution in [-0.2, 0) is 26.1 Å². The lowest BCUT2D eigenvalue weighted by Gasteiger charge is -2.34. The largest absolute Gasteiger partial charge is 0.463 e. The van der Waals surface area contributed by atoms with E-state index in [4.69, 9.17) is 9.15 Å². The molecular weight excluding hydrogens is 410 g/mol. The Balaban J connectivity index is 1.64. The van der Waals surface area contributed by atoms with Crippen molar-refractivity contribution in [2.75, 3.05) is 20.2 Å². The first kappa shape index (κ1) is 22.0. The van der Waals surface area contributed by atoms with E-state index in [1.54, 1.807) is 0 Å². The molecule has 0 aliphatic carbocycles. The number of methoxy groups -OCH3 is 1. The van der Waals surface area contributed by atoms with E-state index < -0.39 is 22.0 Å². The van der Waals surface area contributed by atoms with Gasteiger partial charge in [0.05, 0.1) is 17.6 Å². The van der Waals surface area contributed by atoms with E-state index >= 15 is 0 Å². The Bertz CT molecular complexity index is 1000. The molecule has 8 nitrogen and oxygen atoms in total. The molecular formula is C21H25NO7S. The van der Waals surface area contributed by atoms with Crippen LogP contribution in [0.1, 0.15) is 46.9 Å². The number of piperidine rings is 1. The summed E-state index contributed by atoms with van der Waals surface area (Å²) < 4.78 is 42.3. The molecule has 0 bridgehead atoms. The maximum absolute atomic E-state index is 12.9. The van der Waals surface area contributed by atoms with Crippen molar-refractivity contribution in [2.45, 2.75) is 31.8 Å². The number of nitrogens with zero attached hydrogens (tertiary/aromatic N) is 1. The summed E-state index contributed by atoms with van der Waals surface area (Å²) >= 11 is 0. The van der Waals surface area contributed by atoms with Crippen molar-refractivity contribution in [1.29, 1.82) is 0 Å². The number of carbonyl (C=O) groups excluding carboxylic acids is 2. The van der Waals surface area contributed by atoms with Gasteiger partial charge in [-0.1, -0.05) is 13.8 Å². The van der Waals surface area contributed by atoms with Crippen molar-refractivity contribution in [3.8, 4) is 0 Å². The van der Waals surface area contributed by atoms with Gasteiger partial charge in [0.2, 0.25) is 15.8 Å². The lowest BCUT2D eigenvalue weighted by molar-refractivity contribution is 0.0438. The fourth-order valence-corrected chi connectivity index (χ4v) is 5.28. The summed E-state index contributed by atoms with van der Waals surface area (Å²) in [6.07, 6.45) is 1.01. The average Bonchev–Trinajstić information content (AvgIpc) is 3.20. The van der Waals surface area contributed by atoms with E-state index in [1.807, 2.05) is 13.8 Å². The first-order valence-corrected chi connectivity index (χ1v) is 11.1. The fraction of sp³-hybridized carbons (Fsp3) is 0.429. The van der Waals surface area contributed by atoms with Gasteiger partial charge in [0, 0.05) is 13.1 Å². The third kappa shape index (κ3) is 4.91. The van der Waals surface area contributed by atoms with Crippen LogP contribution in [-0.4, -0.2) is 44.9 Å². The van der Waals surface area contributed by atoms with Crippen LogP contribution in [0.2, 0.25) is 0 Å². The summed E-state index contributed by atoms with van der Waals surface area (Å²) in [5, 5.41) is 0. The maximum atomic E-state index is 12.9. The first-order chi connectivity index (χ1) is 14.2. The predicted molar refractivity (Wildman–Crippen MR) is 107 cm³/mol. The number of ether oxygens (including phenoxy) is 2. The summed E-state index contributed by atoms with van der Waals surface area (Å²) in [6, 6.07) is 8.62. The Morgan fingerprint density at radius 2 is 1.67 bits per heavy atom. The normalized spacial score (nSPS) is 20.0. The Morgan fingerprint density at radius 3 is 2.27 bits per heavy atom. The number of esters is 2. The number of sulfonamides is 1. The zero-order valence-corrected chi connectivity index (χ0v) is 18.0.